The monoisotopic (exact) mass is 449 g/mol. The first-order chi connectivity index (χ1) is 15.1. The topological polar surface area (TPSA) is 130 Å². The molecule has 0 spiro atoms. The molecule has 1 unspecified atom stereocenters. The summed E-state index contributed by atoms with van der Waals surface area (Å²) in [5.74, 6) is -1.51. The van der Waals surface area contributed by atoms with Gasteiger partial charge in [-0.3, -0.25) is 19.7 Å². The van der Waals surface area contributed by atoms with Crippen molar-refractivity contribution in [2.24, 2.45) is 5.92 Å². The van der Waals surface area contributed by atoms with E-state index < -0.39 is 23.6 Å². The lowest BCUT2D eigenvalue weighted by atomic mass is 10.1. The van der Waals surface area contributed by atoms with Gasteiger partial charge in [-0.15, -0.1) is 0 Å². The fraction of sp³-hybridized carbons (Fsp3) is 0.350. The lowest BCUT2D eigenvalue weighted by Gasteiger charge is -2.25. The summed E-state index contributed by atoms with van der Waals surface area (Å²) in [6.07, 6.45) is -0.320. The summed E-state index contributed by atoms with van der Waals surface area (Å²) >= 11 is 0. The number of carbonyl (C=O) groups is 2. The second kappa shape index (κ2) is 9.20. The highest BCUT2D eigenvalue weighted by atomic mass is 19.4. The lowest BCUT2D eigenvalue weighted by molar-refractivity contribution is -0.144. The highest BCUT2D eigenvalue weighted by Crippen LogP contribution is 2.28. The molecule has 0 radical (unpaired) electrons. The van der Waals surface area contributed by atoms with Crippen LogP contribution in [0, 0.1) is 5.92 Å². The Morgan fingerprint density at radius 1 is 1.22 bits per heavy atom. The van der Waals surface area contributed by atoms with Crippen LogP contribution >= 0.6 is 0 Å². The minimum Gasteiger partial charge on any atom is -0.383 e. The summed E-state index contributed by atoms with van der Waals surface area (Å²) in [7, 11) is 0. The maximum absolute atomic E-state index is 12.9. The number of fused-ring (bicyclic) bond motifs is 1. The molecule has 0 saturated carbocycles. The van der Waals surface area contributed by atoms with E-state index in [-0.39, 0.29) is 36.2 Å². The van der Waals surface area contributed by atoms with Crippen LogP contribution in [0.3, 0.4) is 0 Å². The first kappa shape index (κ1) is 23.0. The van der Waals surface area contributed by atoms with Crippen LogP contribution in [0.4, 0.5) is 24.7 Å². The minimum atomic E-state index is -4.51. The number of amides is 2. The van der Waals surface area contributed by atoms with Crippen LogP contribution in [0.2, 0.25) is 0 Å². The Kier molecular flexibility index (Phi) is 6.61. The molecule has 1 atom stereocenters. The fourth-order valence-electron chi connectivity index (χ4n) is 2.97. The second-order valence-electron chi connectivity index (χ2n) is 7.40. The average molecular weight is 449 g/mol. The van der Waals surface area contributed by atoms with E-state index in [1.807, 2.05) is 13.8 Å². The summed E-state index contributed by atoms with van der Waals surface area (Å²) in [5, 5.41) is 9.53. The van der Waals surface area contributed by atoms with Crippen LogP contribution < -0.4 is 11.1 Å². The molecule has 9 nitrogen and oxygen atoms in total. The normalized spacial score (nSPS) is 12.5. The second-order valence-corrected chi connectivity index (χ2v) is 7.40. The van der Waals surface area contributed by atoms with Gasteiger partial charge < -0.3 is 16.0 Å². The summed E-state index contributed by atoms with van der Waals surface area (Å²) in [4.78, 5) is 34.6. The summed E-state index contributed by atoms with van der Waals surface area (Å²) < 4.78 is 38.3. The van der Waals surface area contributed by atoms with Gasteiger partial charge in [0.2, 0.25) is 0 Å². The molecule has 3 rings (SSSR count). The molecule has 4 N–H and O–H groups in total. The maximum atomic E-state index is 12.9. The minimum absolute atomic E-state index is 0.0544. The van der Waals surface area contributed by atoms with Crippen molar-refractivity contribution in [3.63, 3.8) is 0 Å². The highest BCUT2D eigenvalue weighted by Gasteiger charge is 2.31. The van der Waals surface area contributed by atoms with Gasteiger partial charge >= 0.3 is 18.0 Å². The zero-order chi connectivity index (χ0) is 23.5. The largest absolute Gasteiger partial charge is 0.417 e. The number of H-pyrrole nitrogens is 1. The molecule has 0 bridgehead atoms. The molecule has 12 heteroatoms. The number of hydrogen-bond donors (Lipinski definition) is 3. The third-order valence-electron chi connectivity index (χ3n) is 4.98. The van der Waals surface area contributed by atoms with Crippen molar-refractivity contribution in [1.82, 2.24) is 25.1 Å². The Morgan fingerprint density at radius 2 is 1.97 bits per heavy atom. The summed E-state index contributed by atoms with van der Waals surface area (Å²) in [5.41, 5.74) is 5.74. The van der Waals surface area contributed by atoms with Gasteiger partial charge in [-0.05, 0) is 18.1 Å². The molecule has 2 amide bonds. The SMILES string of the molecule is CCC(C)CN(Cc1ccc(C(F)(F)F)cn1)C(=O)C(=O)Nc1cnc(N)c2cn[nH]c12. The number of aromatic nitrogens is 4. The van der Waals surface area contributed by atoms with E-state index >= 15 is 0 Å². The van der Waals surface area contributed by atoms with E-state index in [1.165, 1.54) is 23.4 Å². The number of carbonyl (C=O) groups excluding carboxylic acids is 2. The maximum Gasteiger partial charge on any atom is 0.417 e. The van der Waals surface area contributed by atoms with Gasteiger partial charge in [-0.2, -0.15) is 18.3 Å². The van der Waals surface area contributed by atoms with Crippen LogP contribution in [0.25, 0.3) is 10.9 Å². The first-order valence-corrected chi connectivity index (χ1v) is 9.80. The Hall–Kier alpha value is -3.70. The molecule has 170 valence electrons. The summed E-state index contributed by atoms with van der Waals surface area (Å²) in [6, 6.07) is 2.08. The molecule has 0 aliphatic carbocycles. The number of alkyl halides is 3. The van der Waals surface area contributed by atoms with Crippen molar-refractivity contribution in [3.05, 3.63) is 42.0 Å². The molecule has 3 heterocycles. The predicted molar refractivity (Wildman–Crippen MR) is 111 cm³/mol. The van der Waals surface area contributed by atoms with Crippen LogP contribution in [0.15, 0.2) is 30.7 Å². The number of nitrogens with zero attached hydrogens (tertiary/aromatic N) is 4. The molecule has 0 aromatic carbocycles. The Balaban J connectivity index is 1.79. The zero-order valence-corrected chi connectivity index (χ0v) is 17.4. The molecule has 0 aliphatic heterocycles. The summed E-state index contributed by atoms with van der Waals surface area (Å²) in [6.45, 7) is 3.94. The fourth-order valence-corrected chi connectivity index (χ4v) is 2.97. The molecule has 32 heavy (non-hydrogen) atoms. The molecule has 0 fully saturated rings. The van der Waals surface area contributed by atoms with Crippen molar-refractivity contribution in [2.45, 2.75) is 33.0 Å². The van der Waals surface area contributed by atoms with Crippen molar-refractivity contribution in [3.8, 4) is 0 Å². The third kappa shape index (κ3) is 5.13. The van der Waals surface area contributed by atoms with E-state index in [2.05, 4.69) is 25.5 Å². The van der Waals surface area contributed by atoms with Crippen LogP contribution in [0.5, 0.6) is 0 Å². The number of rotatable bonds is 6. The number of aromatic amines is 1. The Bertz CT molecular complexity index is 1110. The van der Waals surface area contributed by atoms with Gasteiger partial charge in [0, 0.05) is 12.7 Å². The lowest BCUT2D eigenvalue weighted by Crippen LogP contribution is -2.41. The van der Waals surface area contributed by atoms with Crippen LogP contribution in [-0.2, 0) is 22.3 Å². The predicted octanol–water partition coefficient (Wildman–Crippen LogP) is 2.97. The Morgan fingerprint density at radius 3 is 2.59 bits per heavy atom. The number of anilines is 2. The van der Waals surface area contributed by atoms with Gasteiger partial charge in [0.15, 0.2) is 0 Å². The smallest absolute Gasteiger partial charge is 0.383 e. The van der Waals surface area contributed by atoms with Crippen molar-refractivity contribution in [2.75, 3.05) is 17.6 Å². The number of hydrogen-bond acceptors (Lipinski definition) is 6. The van der Waals surface area contributed by atoms with Crippen molar-refractivity contribution >= 4 is 34.2 Å². The van der Waals surface area contributed by atoms with Gasteiger partial charge in [0.1, 0.15) is 5.82 Å². The average Bonchev–Trinajstić information content (AvgIpc) is 3.25. The Labute approximate surface area is 181 Å². The standard InChI is InChI=1S/C20H22F3N7O2/c1-3-11(2)9-30(10-13-5-4-12(6-25-13)20(21,22)23)19(32)18(31)28-15-8-26-17(24)14-7-27-29-16(14)15/h4-8,11H,3,9-10H2,1-2H3,(H2,24,26)(H,27,29)(H,28,31). The van der Waals surface area contributed by atoms with Gasteiger partial charge in [0.25, 0.3) is 0 Å². The molecular formula is C20H22F3N7O2. The highest BCUT2D eigenvalue weighted by molar-refractivity contribution is 6.40. The van der Waals surface area contributed by atoms with Crippen LogP contribution in [0.1, 0.15) is 31.5 Å². The van der Waals surface area contributed by atoms with E-state index in [4.69, 9.17) is 5.73 Å². The number of halogens is 3. The molecule has 3 aromatic heterocycles. The molecule has 0 saturated heterocycles. The molecular weight excluding hydrogens is 427 g/mol. The quantitative estimate of drug-likeness (QED) is 0.496. The van der Waals surface area contributed by atoms with Crippen molar-refractivity contribution in [1.29, 1.82) is 0 Å². The number of nitrogens with one attached hydrogen (secondary N) is 2. The first-order valence-electron chi connectivity index (χ1n) is 9.80. The van der Waals surface area contributed by atoms with Crippen molar-refractivity contribution < 1.29 is 22.8 Å². The molecule has 3 aromatic rings. The molecule has 0 aliphatic rings. The van der Waals surface area contributed by atoms with E-state index in [0.717, 1.165) is 12.5 Å². The van der Waals surface area contributed by atoms with E-state index in [0.29, 0.717) is 17.1 Å². The third-order valence-corrected chi connectivity index (χ3v) is 4.98. The van der Waals surface area contributed by atoms with E-state index in [9.17, 15) is 22.8 Å². The van der Waals surface area contributed by atoms with Gasteiger partial charge in [-0.25, -0.2) is 4.98 Å². The zero-order valence-electron chi connectivity index (χ0n) is 17.4. The van der Waals surface area contributed by atoms with Crippen LogP contribution in [-0.4, -0.2) is 43.4 Å². The van der Waals surface area contributed by atoms with Gasteiger partial charge in [-0.1, -0.05) is 20.3 Å². The van der Waals surface area contributed by atoms with E-state index in [1.54, 1.807) is 0 Å². The number of pyridine rings is 2. The van der Waals surface area contributed by atoms with Gasteiger partial charge in [0.05, 0.1) is 46.8 Å². The number of nitrogen functional groups attached to an aromatic ring is 1. The number of nitrogens with two attached hydrogens (primary N) is 1.